The Labute approximate surface area is 94.7 Å². The van der Waals surface area contributed by atoms with Crippen molar-refractivity contribution in [2.75, 3.05) is 6.61 Å². The summed E-state index contributed by atoms with van der Waals surface area (Å²) < 4.78 is 32.0. The van der Waals surface area contributed by atoms with E-state index in [9.17, 15) is 8.78 Å². The van der Waals surface area contributed by atoms with Gasteiger partial charge in [-0.3, -0.25) is 4.98 Å². The van der Waals surface area contributed by atoms with E-state index in [1.165, 1.54) is 20.8 Å². The largest absolute Gasteiger partial charge is 0.370 e. The van der Waals surface area contributed by atoms with Crippen LogP contribution in [0.2, 0.25) is 0 Å². The van der Waals surface area contributed by atoms with Gasteiger partial charge in [-0.15, -0.1) is 0 Å². The van der Waals surface area contributed by atoms with E-state index < -0.39 is 17.9 Å². The van der Waals surface area contributed by atoms with Crippen LogP contribution in [-0.2, 0) is 11.3 Å². The van der Waals surface area contributed by atoms with Gasteiger partial charge in [0.25, 0.3) is 5.92 Å². The van der Waals surface area contributed by atoms with Crippen LogP contribution < -0.4 is 0 Å². The maximum Gasteiger partial charge on any atom is 0.275 e. The zero-order valence-corrected chi connectivity index (χ0v) is 9.84. The number of aromatic nitrogens is 1. The van der Waals surface area contributed by atoms with E-state index in [1.807, 2.05) is 0 Å². The molecule has 0 aliphatic heterocycles. The van der Waals surface area contributed by atoms with Gasteiger partial charge < -0.3 is 4.74 Å². The highest BCUT2D eigenvalue weighted by Crippen LogP contribution is 2.35. The SMILES string of the molecule is CC(C)(C)C(F)(F)COCc1cccnc1. The molecule has 0 atom stereocenters. The van der Waals surface area contributed by atoms with Crippen LogP contribution in [0.25, 0.3) is 0 Å². The summed E-state index contributed by atoms with van der Waals surface area (Å²) >= 11 is 0. The number of rotatable bonds is 4. The number of halogens is 2. The van der Waals surface area contributed by atoms with Crippen molar-refractivity contribution < 1.29 is 13.5 Å². The Balaban J connectivity index is 2.42. The average Bonchev–Trinajstić information content (AvgIpc) is 2.17. The summed E-state index contributed by atoms with van der Waals surface area (Å²) in [7, 11) is 0. The first-order chi connectivity index (χ1) is 7.33. The summed E-state index contributed by atoms with van der Waals surface area (Å²) in [4.78, 5) is 3.88. The normalized spacial score (nSPS) is 12.8. The lowest BCUT2D eigenvalue weighted by Gasteiger charge is -2.29. The second-order valence-corrected chi connectivity index (χ2v) is 4.81. The van der Waals surface area contributed by atoms with Gasteiger partial charge in [0.05, 0.1) is 6.61 Å². The number of ether oxygens (including phenoxy) is 1. The van der Waals surface area contributed by atoms with Gasteiger partial charge in [0.1, 0.15) is 6.61 Å². The van der Waals surface area contributed by atoms with Crippen LogP contribution in [0.4, 0.5) is 8.78 Å². The van der Waals surface area contributed by atoms with Gasteiger partial charge in [-0.25, -0.2) is 8.78 Å². The monoisotopic (exact) mass is 229 g/mol. The molecule has 90 valence electrons. The van der Waals surface area contributed by atoms with E-state index in [0.717, 1.165) is 5.56 Å². The minimum absolute atomic E-state index is 0.166. The van der Waals surface area contributed by atoms with Crippen LogP contribution >= 0.6 is 0 Å². The number of pyridine rings is 1. The molecule has 0 N–H and O–H groups in total. The second kappa shape index (κ2) is 4.87. The van der Waals surface area contributed by atoms with Crippen molar-refractivity contribution in [3.63, 3.8) is 0 Å². The molecular weight excluding hydrogens is 212 g/mol. The molecule has 16 heavy (non-hydrogen) atoms. The van der Waals surface area contributed by atoms with E-state index in [4.69, 9.17) is 4.74 Å². The molecule has 0 aliphatic carbocycles. The van der Waals surface area contributed by atoms with Crippen LogP contribution in [0.15, 0.2) is 24.5 Å². The van der Waals surface area contributed by atoms with Crippen molar-refractivity contribution in [2.24, 2.45) is 5.41 Å². The Morgan fingerprint density at radius 3 is 2.50 bits per heavy atom. The van der Waals surface area contributed by atoms with E-state index in [-0.39, 0.29) is 6.61 Å². The van der Waals surface area contributed by atoms with Gasteiger partial charge in [0.15, 0.2) is 0 Å². The standard InChI is InChI=1S/C12H17F2NO/c1-11(2,3)12(13,14)9-16-8-10-5-4-6-15-7-10/h4-7H,8-9H2,1-3H3. The number of hydrogen-bond donors (Lipinski definition) is 0. The van der Waals surface area contributed by atoms with Crippen molar-refractivity contribution in [3.8, 4) is 0 Å². The fraction of sp³-hybridized carbons (Fsp3) is 0.583. The third-order valence-corrected chi connectivity index (χ3v) is 2.37. The highest BCUT2D eigenvalue weighted by Gasteiger charge is 2.43. The molecule has 1 aromatic heterocycles. The molecule has 1 heterocycles. The summed E-state index contributed by atoms with van der Waals surface area (Å²) in [5.74, 6) is -2.82. The topological polar surface area (TPSA) is 22.1 Å². The molecule has 0 aliphatic rings. The zero-order valence-electron chi connectivity index (χ0n) is 9.84. The summed E-state index contributed by atoms with van der Waals surface area (Å²) in [6.45, 7) is 4.10. The molecule has 0 spiro atoms. The Hall–Kier alpha value is -1.03. The Morgan fingerprint density at radius 2 is 2.00 bits per heavy atom. The lowest BCUT2D eigenvalue weighted by Crippen LogP contribution is -2.38. The molecule has 0 saturated heterocycles. The van der Waals surface area contributed by atoms with Gasteiger partial charge in [0, 0.05) is 17.8 Å². The maximum atomic E-state index is 13.5. The third kappa shape index (κ3) is 3.52. The molecule has 1 aromatic rings. The molecule has 0 bridgehead atoms. The van der Waals surface area contributed by atoms with Crippen molar-refractivity contribution in [3.05, 3.63) is 30.1 Å². The number of nitrogens with zero attached hydrogens (tertiary/aromatic N) is 1. The molecule has 1 rings (SSSR count). The molecular formula is C12H17F2NO. The maximum absolute atomic E-state index is 13.5. The summed E-state index contributed by atoms with van der Waals surface area (Å²) in [5, 5.41) is 0. The highest BCUT2D eigenvalue weighted by molar-refractivity contribution is 5.06. The molecule has 0 amide bonds. The molecule has 2 nitrogen and oxygen atoms in total. The van der Waals surface area contributed by atoms with Crippen LogP contribution in [0.3, 0.4) is 0 Å². The zero-order chi connectivity index (χ0) is 12.2. The van der Waals surface area contributed by atoms with Crippen LogP contribution in [0.5, 0.6) is 0 Å². The molecule has 4 heteroatoms. The van der Waals surface area contributed by atoms with Crippen molar-refractivity contribution in [1.29, 1.82) is 0 Å². The summed E-state index contributed by atoms with van der Waals surface area (Å²) in [6.07, 6.45) is 3.24. The minimum Gasteiger partial charge on any atom is -0.370 e. The van der Waals surface area contributed by atoms with E-state index >= 15 is 0 Å². The van der Waals surface area contributed by atoms with Crippen molar-refractivity contribution in [2.45, 2.75) is 33.3 Å². The van der Waals surface area contributed by atoms with Crippen LogP contribution in [0, 0.1) is 5.41 Å². The quantitative estimate of drug-likeness (QED) is 0.790. The van der Waals surface area contributed by atoms with Crippen LogP contribution in [0.1, 0.15) is 26.3 Å². The van der Waals surface area contributed by atoms with Crippen molar-refractivity contribution >= 4 is 0 Å². The first kappa shape index (κ1) is 13.0. The molecule has 0 radical (unpaired) electrons. The van der Waals surface area contributed by atoms with E-state index in [2.05, 4.69) is 4.98 Å². The van der Waals surface area contributed by atoms with Crippen molar-refractivity contribution in [1.82, 2.24) is 4.98 Å². The lowest BCUT2D eigenvalue weighted by atomic mass is 9.88. The smallest absolute Gasteiger partial charge is 0.275 e. The Kier molecular flexibility index (Phi) is 3.97. The predicted molar refractivity (Wildman–Crippen MR) is 58.3 cm³/mol. The Morgan fingerprint density at radius 1 is 1.31 bits per heavy atom. The molecule has 0 aromatic carbocycles. The second-order valence-electron chi connectivity index (χ2n) is 4.81. The number of alkyl halides is 2. The molecule has 0 fully saturated rings. The highest BCUT2D eigenvalue weighted by atomic mass is 19.3. The third-order valence-electron chi connectivity index (χ3n) is 2.37. The summed E-state index contributed by atoms with van der Waals surface area (Å²) in [6, 6.07) is 3.54. The number of hydrogen-bond acceptors (Lipinski definition) is 2. The summed E-state index contributed by atoms with van der Waals surface area (Å²) in [5.41, 5.74) is -0.283. The predicted octanol–water partition coefficient (Wildman–Crippen LogP) is 3.28. The Bertz CT molecular complexity index is 320. The van der Waals surface area contributed by atoms with Gasteiger partial charge in [-0.05, 0) is 11.6 Å². The molecule has 0 saturated carbocycles. The fourth-order valence-electron chi connectivity index (χ4n) is 0.997. The lowest BCUT2D eigenvalue weighted by molar-refractivity contribution is -0.149. The first-order valence-corrected chi connectivity index (χ1v) is 5.17. The van der Waals surface area contributed by atoms with Gasteiger partial charge >= 0.3 is 0 Å². The van der Waals surface area contributed by atoms with E-state index in [1.54, 1.807) is 24.5 Å². The van der Waals surface area contributed by atoms with E-state index in [0.29, 0.717) is 0 Å². The van der Waals surface area contributed by atoms with Crippen LogP contribution in [-0.4, -0.2) is 17.5 Å². The van der Waals surface area contributed by atoms with Gasteiger partial charge in [0.2, 0.25) is 0 Å². The minimum atomic E-state index is -2.82. The average molecular weight is 229 g/mol. The van der Waals surface area contributed by atoms with Gasteiger partial charge in [-0.2, -0.15) is 0 Å². The van der Waals surface area contributed by atoms with Gasteiger partial charge in [-0.1, -0.05) is 26.8 Å². The first-order valence-electron chi connectivity index (χ1n) is 5.17. The molecule has 0 unspecified atom stereocenters. The fourth-order valence-corrected chi connectivity index (χ4v) is 0.997.